The number of benzene rings is 2. The fourth-order valence-electron chi connectivity index (χ4n) is 7.18. The molecule has 1 aliphatic heterocycles. The van der Waals surface area contributed by atoms with Crippen LogP contribution in [-0.2, 0) is 17.6 Å². The number of rotatable bonds is 7. The Morgan fingerprint density at radius 1 is 1.07 bits per heavy atom. The van der Waals surface area contributed by atoms with Crippen molar-refractivity contribution < 1.29 is 14.4 Å². The maximum Gasteiger partial charge on any atom is 0.439 e. The molecule has 11 heteroatoms. The molecule has 0 radical (unpaired) electrons. The first kappa shape index (κ1) is 28.4. The van der Waals surface area contributed by atoms with Gasteiger partial charge in [-0.25, -0.2) is 9.31 Å². The molecular formula is C33H36N6O5. The molecule has 7 rings (SSSR count). The molecule has 11 nitrogen and oxygen atoms in total. The van der Waals surface area contributed by atoms with Crippen LogP contribution in [0, 0.1) is 0 Å². The van der Waals surface area contributed by atoms with Gasteiger partial charge in [0.15, 0.2) is 5.82 Å². The van der Waals surface area contributed by atoms with Crippen LogP contribution in [0.2, 0.25) is 0 Å². The van der Waals surface area contributed by atoms with Gasteiger partial charge in [0.25, 0.3) is 5.56 Å². The van der Waals surface area contributed by atoms with Gasteiger partial charge in [-0.3, -0.25) is 18.9 Å². The number of aromatic amines is 1. The average molecular weight is 597 g/mol. The van der Waals surface area contributed by atoms with E-state index in [1.165, 1.54) is 6.33 Å². The smallest absolute Gasteiger partial charge is 0.388 e. The number of H-pyrrole nitrogens is 1. The Bertz CT molecular complexity index is 1920. The van der Waals surface area contributed by atoms with Gasteiger partial charge in [-0.15, -0.1) is 0 Å². The van der Waals surface area contributed by atoms with Crippen LogP contribution in [0.1, 0.15) is 75.2 Å². The van der Waals surface area contributed by atoms with Gasteiger partial charge in [0.2, 0.25) is 5.78 Å². The van der Waals surface area contributed by atoms with E-state index in [2.05, 4.69) is 27.1 Å². The monoisotopic (exact) mass is 596 g/mol. The van der Waals surface area contributed by atoms with Gasteiger partial charge < -0.3 is 9.84 Å². The third-order valence-electron chi connectivity index (χ3n) is 9.21. The zero-order chi connectivity index (χ0) is 30.5. The Balaban J connectivity index is 1.22. The highest BCUT2D eigenvalue weighted by atomic mass is 16.5. The molecule has 1 aliphatic carbocycles. The van der Waals surface area contributed by atoms with E-state index in [9.17, 15) is 14.7 Å². The lowest BCUT2D eigenvalue weighted by molar-refractivity contribution is -0.0371. The molecule has 1 spiro atoms. The van der Waals surface area contributed by atoms with Gasteiger partial charge in [-0.1, -0.05) is 67.0 Å². The highest BCUT2D eigenvalue weighted by Gasteiger charge is 2.48. The third-order valence-corrected chi connectivity index (χ3v) is 9.21. The number of nitrogens with one attached hydrogen (secondary N) is 1. The fourth-order valence-corrected chi connectivity index (χ4v) is 7.18. The summed E-state index contributed by atoms with van der Waals surface area (Å²) in [7, 11) is 0. The molecule has 2 aliphatic rings. The molecule has 44 heavy (non-hydrogen) atoms. The first-order valence-electron chi connectivity index (χ1n) is 15.3. The summed E-state index contributed by atoms with van der Waals surface area (Å²) in [4.78, 5) is 33.1. The van der Waals surface area contributed by atoms with Gasteiger partial charge in [-0.2, -0.15) is 10.1 Å². The van der Waals surface area contributed by atoms with Crippen molar-refractivity contribution in [2.45, 2.75) is 82.5 Å². The summed E-state index contributed by atoms with van der Waals surface area (Å²) in [5, 5.41) is 19.0. The molecular weight excluding hydrogens is 560 g/mol. The minimum absolute atomic E-state index is 0.0151. The van der Waals surface area contributed by atoms with Crippen LogP contribution in [0.5, 0.6) is 0 Å². The minimum Gasteiger partial charge on any atom is -0.388 e. The van der Waals surface area contributed by atoms with Crippen molar-refractivity contribution in [3.05, 3.63) is 92.6 Å². The lowest BCUT2D eigenvalue weighted by atomic mass is 9.78. The van der Waals surface area contributed by atoms with E-state index in [1.807, 2.05) is 64.5 Å². The number of nitrogens with zero attached hydrogens (tertiary/aromatic N) is 5. The number of hydrogen-bond acceptors (Lipinski definition) is 8. The second kappa shape index (κ2) is 11.0. The van der Waals surface area contributed by atoms with Gasteiger partial charge in [0, 0.05) is 30.0 Å². The molecule has 1 saturated heterocycles. The quantitative estimate of drug-likeness (QED) is 0.281. The van der Waals surface area contributed by atoms with Crippen LogP contribution in [0.4, 0.5) is 0 Å². The van der Waals surface area contributed by atoms with Gasteiger partial charge in [-0.05, 0) is 55.7 Å². The highest BCUT2D eigenvalue weighted by Crippen LogP contribution is 2.46. The fraction of sp³-hybridized carbons (Fsp3) is 0.424. The SMILES string of the molecule is CCCc1c(Cc2ccc(-c3ccccc3-c3noc(=O)[nH]3)cc2)c(=O)n(C2CCC3(CC2)CC(C)(O)CO3)c2ncnn12. The molecule has 5 aromatic rings. The molecule has 1 unspecified atom stereocenters. The van der Waals surface area contributed by atoms with Crippen molar-refractivity contribution >= 4 is 5.78 Å². The van der Waals surface area contributed by atoms with Gasteiger partial charge >= 0.3 is 5.76 Å². The second-order valence-electron chi connectivity index (χ2n) is 12.6. The van der Waals surface area contributed by atoms with Crippen molar-refractivity contribution in [3.63, 3.8) is 0 Å². The van der Waals surface area contributed by atoms with Crippen LogP contribution >= 0.6 is 0 Å². The number of aryl methyl sites for hydroxylation is 1. The van der Waals surface area contributed by atoms with Crippen molar-refractivity contribution in [3.8, 4) is 22.5 Å². The van der Waals surface area contributed by atoms with Crippen LogP contribution < -0.4 is 11.3 Å². The summed E-state index contributed by atoms with van der Waals surface area (Å²) in [5.74, 6) is 0.357. The lowest BCUT2D eigenvalue weighted by Gasteiger charge is -2.37. The molecule has 2 aromatic carbocycles. The van der Waals surface area contributed by atoms with Crippen molar-refractivity contribution in [1.29, 1.82) is 0 Å². The molecule has 228 valence electrons. The van der Waals surface area contributed by atoms with E-state index in [1.54, 1.807) is 0 Å². The Hall–Kier alpha value is -4.35. The van der Waals surface area contributed by atoms with E-state index < -0.39 is 11.4 Å². The molecule has 2 fully saturated rings. The van der Waals surface area contributed by atoms with E-state index in [0.717, 1.165) is 65.6 Å². The number of hydrogen-bond donors (Lipinski definition) is 2. The third kappa shape index (κ3) is 5.09. The zero-order valence-corrected chi connectivity index (χ0v) is 25.0. The number of ether oxygens (including phenoxy) is 1. The summed E-state index contributed by atoms with van der Waals surface area (Å²) in [5.41, 5.74) is 4.13. The first-order valence-corrected chi connectivity index (χ1v) is 15.3. The molecule has 0 amide bonds. The standard InChI is InChI=1S/C33H36N6O5/c1-3-6-27-26(17-21-9-11-22(12-10-21)24-7-4-5-8-25(24)28-36-31(41)44-37-28)29(40)38(30-34-20-35-39(27)30)23-13-15-33(16-14-23)18-32(2,42)19-43-33/h4-5,7-12,20,23,42H,3,6,13-19H2,1-2H3,(H,36,37,41). The minimum atomic E-state index is -0.800. The van der Waals surface area contributed by atoms with E-state index >= 15 is 0 Å². The largest absolute Gasteiger partial charge is 0.439 e. The van der Waals surface area contributed by atoms with Crippen molar-refractivity contribution in [1.82, 2.24) is 29.3 Å². The molecule has 2 N–H and O–H groups in total. The topological polar surface area (TPSA) is 141 Å². The first-order chi connectivity index (χ1) is 21.3. The summed E-state index contributed by atoms with van der Waals surface area (Å²) < 4.78 is 14.5. The maximum atomic E-state index is 14.4. The van der Waals surface area contributed by atoms with Crippen LogP contribution in [0.25, 0.3) is 28.3 Å². The summed E-state index contributed by atoms with van der Waals surface area (Å²) in [6, 6.07) is 15.8. The van der Waals surface area contributed by atoms with Crippen LogP contribution in [0.3, 0.4) is 0 Å². The lowest BCUT2D eigenvalue weighted by Crippen LogP contribution is -2.39. The van der Waals surface area contributed by atoms with E-state index in [4.69, 9.17) is 9.26 Å². The summed E-state index contributed by atoms with van der Waals surface area (Å²) >= 11 is 0. The van der Waals surface area contributed by atoms with Crippen molar-refractivity contribution in [2.75, 3.05) is 6.61 Å². The molecule has 3 aromatic heterocycles. The van der Waals surface area contributed by atoms with Crippen molar-refractivity contribution in [2.24, 2.45) is 0 Å². The molecule has 1 saturated carbocycles. The Kier molecular flexibility index (Phi) is 7.09. The number of fused-ring (bicyclic) bond motifs is 1. The molecule has 4 heterocycles. The maximum absolute atomic E-state index is 14.4. The average Bonchev–Trinajstić information content (AvgIpc) is 3.75. The summed E-state index contributed by atoms with van der Waals surface area (Å²) in [6.45, 7) is 4.29. The Morgan fingerprint density at radius 2 is 1.82 bits per heavy atom. The Morgan fingerprint density at radius 3 is 2.48 bits per heavy atom. The van der Waals surface area contributed by atoms with E-state index in [-0.39, 0.29) is 17.2 Å². The summed E-state index contributed by atoms with van der Waals surface area (Å²) in [6.07, 6.45) is 7.33. The van der Waals surface area contributed by atoms with Gasteiger partial charge in [0.05, 0.1) is 23.5 Å². The predicted molar refractivity (Wildman–Crippen MR) is 163 cm³/mol. The zero-order valence-electron chi connectivity index (χ0n) is 25.0. The number of aliphatic hydroxyl groups is 1. The number of aromatic nitrogens is 6. The van der Waals surface area contributed by atoms with Gasteiger partial charge in [0.1, 0.15) is 6.33 Å². The van der Waals surface area contributed by atoms with E-state index in [0.29, 0.717) is 37.5 Å². The van der Waals surface area contributed by atoms with Crippen LogP contribution in [-0.4, -0.2) is 52.2 Å². The van der Waals surface area contributed by atoms with Crippen LogP contribution in [0.15, 0.2) is 69.0 Å². The molecule has 1 atom stereocenters. The predicted octanol–water partition coefficient (Wildman–Crippen LogP) is 4.47. The second-order valence-corrected chi connectivity index (χ2v) is 12.6. The highest BCUT2D eigenvalue weighted by molar-refractivity contribution is 5.80. The Labute approximate surface area is 253 Å². The molecule has 0 bridgehead atoms. The normalized spacial score (nSPS) is 23.6.